The highest BCUT2D eigenvalue weighted by Gasteiger charge is 2.14. The Labute approximate surface area is 137 Å². The number of halogens is 2. The summed E-state index contributed by atoms with van der Waals surface area (Å²) in [6, 6.07) is 0.482. The van der Waals surface area contributed by atoms with Crippen molar-refractivity contribution in [2.24, 2.45) is 0 Å². The zero-order chi connectivity index (χ0) is 12.8. The van der Waals surface area contributed by atoms with Gasteiger partial charge in [0, 0.05) is 24.4 Å². The number of amides is 1. The summed E-state index contributed by atoms with van der Waals surface area (Å²) < 4.78 is 0. The predicted molar refractivity (Wildman–Crippen MR) is 88.3 cm³/mol. The number of aromatic nitrogens is 1. The highest BCUT2D eigenvalue weighted by Crippen LogP contribution is 2.10. The van der Waals surface area contributed by atoms with Gasteiger partial charge in [-0.1, -0.05) is 0 Å². The molecule has 1 aliphatic rings. The highest BCUT2D eigenvalue weighted by molar-refractivity contribution is 7.09. The zero-order valence-corrected chi connectivity index (χ0v) is 14.1. The van der Waals surface area contributed by atoms with Gasteiger partial charge >= 0.3 is 0 Å². The van der Waals surface area contributed by atoms with Gasteiger partial charge in [-0.05, 0) is 39.2 Å². The molecule has 0 aliphatic carbocycles. The van der Waals surface area contributed by atoms with Crippen LogP contribution in [0.5, 0.6) is 0 Å². The Balaban J connectivity index is 0.00000180. The number of nitrogens with one attached hydrogen (secondary N) is 2. The van der Waals surface area contributed by atoms with E-state index in [9.17, 15) is 4.79 Å². The second kappa shape index (κ2) is 10.4. The maximum absolute atomic E-state index is 11.6. The SMILES string of the molecule is Cc1nc(CCCC(=O)NCC2CCCN2)cs1.Cl.Cl. The van der Waals surface area contributed by atoms with E-state index in [0.717, 1.165) is 36.6 Å². The molecule has 2 N–H and O–H groups in total. The van der Waals surface area contributed by atoms with Gasteiger partial charge in [0.2, 0.25) is 5.91 Å². The third kappa shape index (κ3) is 6.88. The first kappa shape index (κ1) is 19.6. The van der Waals surface area contributed by atoms with Crippen molar-refractivity contribution in [1.29, 1.82) is 0 Å². The van der Waals surface area contributed by atoms with Gasteiger partial charge in [-0.15, -0.1) is 36.2 Å². The van der Waals surface area contributed by atoms with Crippen LogP contribution < -0.4 is 10.6 Å². The molecule has 1 aromatic rings. The Morgan fingerprint density at radius 2 is 2.35 bits per heavy atom. The molecule has 1 saturated heterocycles. The average Bonchev–Trinajstić information content (AvgIpc) is 2.98. The van der Waals surface area contributed by atoms with Gasteiger partial charge in [0.1, 0.15) is 0 Å². The largest absolute Gasteiger partial charge is 0.355 e. The minimum Gasteiger partial charge on any atom is -0.355 e. The molecular weight excluding hydrogens is 317 g/mol. The molecule has 2 rings (SSSR count). The summed E-state index contributed by atoms with van der Waals surface area (Å²) in [5.74, 6) is 0.163. The van der Waals surface area contributed by atoms with Crippen LogP contribution in [0.25, 0.3) is 0 Å². The van der Waals surface area contributed by atoms with E-state index in [1.807, 2.05) is 6.92 Å². The summed E-state index contributed by atoms with van der Waals surface area (Å²) in [5, 5.41) is 9.55. The molecule has 0 saturated carbocycles. The van der Waals surface area contributed by atoms with Crippen LogP contribution in [-0.4, -0.2) is 30.0 Å². The molecule has 0 spiro atoms. The Kier molecular flexibility index (Phi) is 10.2. The summed E-state index contributed by atoms with van der Waals surface area (Å²) in [4.78, 5) is 16.0. The van der Waals surface area contributed by atoms with Crippen molar-refractivity contribution in [3.63, 3.8) is 0 Å². The van der Waals surface area contributed by atoms with Crippen LogP contribution in [0.15, 0.2) is 5.38 Å². The number of carbonyl (C=O) groups excluding carboxylic acids is 1. The number of thiazole rings is 1. The molecule has 20 heavy (non-hydrogen) atoms. The Morgan fingerprint density at radius 3 is 2.95 bits per heavy atom. The number of rotatable bonds is 6. The van der Waals surface area contributed by atoms with E-state index in [0.29, 0.717) is 12.5 Å². The fourth-order valence-electron chi connectivity index (χ4n) is 2.21. The molecule has 1 unspecified atom stereocenters. The van der Waals surface area contributed by atoms with Crippen molar-refractivity contribution < 1.29 is 4.79 Å². The van der Waals surface area contributed by atoms with Crippen molar-refractivity contribution in [3.8, 4) is 0 Å². The first-order valence-corrected chi connectivity index (χ1v) is 7.53. The quantitative estimate of drug-likeness (QED) is 0.837. The molecule has 1 amide bonds. The fraction of sp³-hybridized carbons (Fsp3) is 0.692. The van der Waals surface area contributed by atoms with Gasteiger partial charge in [0.25, 0.3) is 0 Å². The van der Waals surface area contributed by atoms with Crippen LogP contribution in [0.2, 0.25) is 0 Å². The van der Waals surface area contributed by atoms with Gasteiger partial charge in [-0.2, -0.15) is 0 Å². The lowest BCUT2D eigenvalue weighted by atomic mass is 10.2. The van der Waals surface area contributed by atoms with E-state index in [1.54, 1.807) is 11.3 Å². The Morgan fingerprint density at radius 1 is 1.55 bits per heavy atom. The minimum absolute atomic E-state index is 0. The smallest absolute Gasteiger partial charge is 0.220 e. The molecule has 7 heteroatoms. The highest BCUT2D eigenvalue weighted by atomic mass is 35.5. The number of hydrogen-bond donors (Lipinski definition) is 2. The van der Waals surface area contributed by atoms with Gasteiger partial charge in [-0.3, -0.25) is 4.79 Å². The standard InChI is InChI=1S/C13H21N3OS.2ClH/c1-10-16-12(9-18-10)4-2-6-13(17)15-8-11-5-3-7-14-11;;/h9,11,14H,2-8H2,1H3,(H,15,17);2*1H. The van der Waals surface area contributed by atoms with E-state index in [-0.39, 0.29) is 30.7 Å². The van der Waals surface area contributed by atoms with Gasteiger partial charge in [-0.25, -0.2) is 4.98 Å². The van der Waals surface area contributed by atoms with Gasteiger partial charge < -0.3 is 10.6 Å². The minimum atomic E-state index is 0. The van der Waals surface area contributed by atoms with E-state index in [1.165, 1.54) is 12.8 Å². The van der Waals surface area contributed by atoms with E-state index in [2.05, 4.69) is 21.0 Å². The predicted octanol–water partition coefficient (Wildman–Crippen LogP) is 2.49. The van der Waals surface area contributed by atoms with E-state index in [4.69, 9.17) is 0 Å². The fourth-order valence-corrected chi connectivity index (χ4v) is 2.86. The third-order valence-electron chi connectivity index (χ3n) is 3.21. The first-order chi connectivity index (χ1) is 8.74. The number of carbonyl (C=O) groups is 1. The molecule has 116 valence electrons. The molecular formula is C13H23Cl2N3OS. The second-order valence-corrected chi connectivity index (χ2v) is 5.87. The third-order valence-corrected chi connectivity index (χ3v) is 4.03. The van der Waals surface area contributed by atoms with Crippen LogP contribution in [0.3, 0.4) is 0 Å². The summed E-state index contributed by atoms with van der Waals surface area (Å²) in [6.07, 6.45) is 4.79. The Bertz CT molecular complexity index is 395. The van der Waals surface area contributed by atoms with Crippen LogP contribution >= 0.6 is 36.2 Å². The average molecular weight is 340 g/mol. The van der Waals surface area contributed by atoms with Crippen LogP contribution in [0, 0.1) is 6.92 Å². The van der Waals surface area contributed by atoms with Crippen molar-refractivity contribution in [1.82, 2.24) is 15.6 Å². The van der Waals surface area contributed by atoms with E-state index < -0.39 is 0 Å². The molecule has 1 atom stereocenters. The molecule has 1 fully saturated rings. The monoisotopic (exact) mass is 339 g/mol. The molecule has 1 aromatic heterocycles. The topological polar surface area (TPSA) is 54.0 Å². The van der Waals surface area contributed by atoms with Crippen molar-refractivity contribution in [2.75, 3.05) is 13.1 Å². The van der Waals surface area contributed by atoms with Crippen molar-refractivity contribution >= 4 is 42.1 Å². The van der Waals surface area contributed by atoms with Crippen LogP contribution in [0.4, 0.5) is 0 Å². The molecule has 0 bridgehead atoms. The summed E-state index contributed by atoms with van der Waals surface area (Å²) >= 11 is 1.67. The number of aryl methyl sites for hydroxylation is 2. The van der Waals surface area contributed by atoms with Gasteiger partial charge in [0.15, 0.2) is 0 Å². The lowest BCUT2D eigenvalue weighted by Gasteiger charge is -2.11. The summed E-state index contributed by atoms with van der Waals surface area (Å²) in [7, 11) is 0. The first-order valence-electron chi connectivity index (χ1n) is 6.65. The number of nitrogens with zero attached hydrogens (tertiary/aromatic N) is 1. The lowest BCUT2D eigenvalue weighted by Crippen LogP contribution is -2.37. The number of hydrogen-bond acceptors (Lipinski definition) is 4. The molecule has 4 nitrogen and oxygen atoms in total. The van der Waals surface area contributed by atoms with Crippen molar-refractivity contribution in [3.05, 3.63) is 16.1 Å². The van der Waals surface area contributed by atoms with Crippen LogP contribution in [-0.2, 0) is 11.2 Å². The maximum atomic E-state index is 11.6. The molecule has 0 aromatic carbocycles. The molecule has 2 heterocycles. The Hall–Kier alpha value is -0.360. The van der Waals surface area contributed by atoms with Gasteiger partial charge in [0.05, 0.1) is 10.7 Å². The molecule has 1 aliphatic heterocycles. The summed E-state index contributed by atoms with van der Waals surface area (Å²) in [5.41, 5.74) is 1.11. The van der Waals surface area contributed by atoms with Crippen molar-refractivity contribution in [2.45, 2.75) is 45.1 Å². The second-order valence-electron chi connectivity index (χ2n) is 4.81. The normalized spacial score (nSPS) is 17.1. The maximum Gasteiger partial charge on any atom is 0.220 e. The zero-order valence-electron chi connectivity index (χ0n) is 11.7. The van der Waals surface area contributed by atoms with E-state index >= 15 is 0 Å². The molecule has 0 radical (unpaired) electrons. The lowest BCUT2D eigenvalue weighted by molar-refractivity contribution is -0.121. The summed E-state index contributed by atoms with van der Waals surface area (Å²) in [6.45, 7) is 3.87. The van der Waals surface area contributed by atoms with Crippen LogP contribution in [0.1, 0.15) is 36.4 Å².